The van der Waals surface area contributed by atoms with Gasteiger partial charge in [-0.25, -0.2) is 4.79 Å². The molecule has 2 nitrogen and oxygen atoms in total. The van der Waals surface area contributed by atoms with Crippen molar-refractivity contribution in [2.45, 2.75) is 18.2 Å². The zero-order valence-corrected chi connectivity index (χ0v) is 7.64. The van der Waals surface area contributed by atoms with Gasteiger partial charge >= 0.3 is 5.97 Å². The molecule has 0 heterocycles. The molecule has 1 aromatic carbocycles. The van der Waals surface area contributed by atoms with Crippen molar-refractivity contribution in [1.82, 2.24) is 0 Å². The van der Waals surface area contributed by atoms with Gasteiger partial charge in [-0.1, -0.05) is 19.1 Å². The number of hydrogen-bond donors (Lipinski definition) is 2. The van der Waals surface area contributed by atoms with Crippen LogP contribution in [0.4, 0.5) is 0 Å². The molecule has 0 saturated carbocycles. The molecule has 1 rings (SSSR count). The predicted molar refractivity (Wildman–Crippen MR) is 50.0 cm³/mol. The molecule has 1 aromatic rings. The number of thiol groups is 1. The van der Waals surface area contributed by atoms with E-state index in [2.05, 4.69) is 12.6 Å². The minimum Gasteiger partial charge on any atom is -0.478 e. The van der Waals surface area contributed by atoms with E-state index in [1.165, 1.54) is 0 Å². The van der Waals surface area contributed by atoms with Crippen LogP contribution in [0.1, 0.15) is 22.8 Å². The smallest absolute Gasteiger partial charge is 0.336 e. The first kappa shape index (κ1) is 9.13. The molecule has 3 heteroatoms. The summed E-state index contributed by atoms with van der Waals surface area (Å²) in [7, 11) is 0. The Labute approximate surface area is 76.6 Å². The van der Waals surface area contributed by atoms with Crippen LogP contribution in [0.2, 0.25) is 0 Å². The zero-order chi connectivity index (χ0) is 9.14. The van der Waals surface area contributed by atoms with Crippen LogP contribution in [-0.2, 0) is 6.42 Å². The van der Waals surface area contributed by atoms with Gasteiger partial charge in [0, 0.05) is 4.90 Å². The van der Waals surface area contributed by atoms with Crippen LogP contribution in [-0.4, -0.2) is 11.1 Å². The van der Waals surface area contributed by atoms with Crippen molar-refractivity contribution in [3.05, 3.63) is 29.3 Å². The Morgan fingerprint density at radius 1 is 1.58 bits per heavy atom. The number of rotatable bonds is 2. The zero-order valence-electron chi connectivity index (χ0n) is 6.74. The van der Waals surface area contributed by atoms with Gasteiger partial charge in [0.1, 0.15) is 0 Å². The van der Waals surface area contributed by atoms with Crippen LogP contribution in [0.5, 0.6) is 0 Å². The normalized spacial score (nSPS) is 9.83. The highest BCUT2D eigenvalue weighted by Crippen LogP contribution is 2.19. The Bertz CT molecular complexity index is 307. The molecule has 0 radical (unpaired) electrons. The molecule has 0 unspecified atom stereocenters. The fraction of sp³-hybridized carbons (Fsp3) is 0.222. The van der Waals surface area contributed by atoms with Gasteiger partial charge in [-0.05, 0) is 18.1 Å². The van der Waals surface area contributed by atoms with Crippen LogP contribution in [0.3, 0.4) is 0 Å². The van der Waals surface area contributed by atoms with Crippen LogP contribution in [0.15, 0.2) is 23.1 Å². The highest BCUT2D eigenvalue weighted by Gasteiger charge is 2.08. The van der Waals surface area contributed by atoms with E-state index in [0.29, 0.717) is 4.90 Å². The lowest BCUT2D eigenvalue weighted by Crippen LogP contribution is -1.99. The number of benzene rings is 1. The SMILES string of the molecule is CCc1cccc(C(=O)O)c1S. The maximum Gasteiger partial charge on any atom is 0.336 e. The van der Waals surface area contributed by atoms with E-state index in [4.69, 9.17) is 5.11 Å². The van der Waals surface area contributed by atoms with Crippen LogP contribution < -0.4 is 0 Å². The molecule has 0 aliphatic carbocycles. The van der Waals surface area contributed by atoms with E-state index in [1.54, 1.807) is 12.1 Å². The molecule has 0 amide bonds. The molecule has 0 spiro atoms. The monoisotopic (exact) mass is 182 g/mol. The van der Waals surface area contributed by atoms with Gasteiger partial charge in [0.25, 0.3) is 0 Å². The third-order valence-electron chi connectivity index (χ3n) is 1.73. The maximum atomic E-state index is 10.6. The Morgan fingerprint density at radius 3 is 2.75 bits per heavy atom. The second kappa shape index (κ2) is 3.63. The molecule has 64 valence electrons. The Hall–Kier alpha value is -0.960. The van der Waals surface area contributed by atoms with E-state index in [-0.39, 0.29) is 5.56 Å². The summed E-state index contributed by atoms with van der Waals surface area (Å²) < 4.78 is 0. The van der Waals surface area contributed by atoms with Crippen molar-refractivity contribution in [2.75, 3.05) is 0 Å². The van der Waals surface area contributed by atoms with Crippen molar-refractivity contribution >= 4 is 18.6 Å². The van der Waals surface area contributed by atoms with Gasteiger partial charge in [-0.3, -0.25) is 0 Å². The van der Waals surface area contributed by atoms with Gasteiger partial charge < -0.3 is 5.11 Å². The maximum absolute atomic E-state index is 10.6. The highest BCUT2D eigenvalue weighted by molar-refractivity contribution is 7.80. The van der Waals surface area contributed by atoms with Gasteiger partial charge in [0.2, 0.25) is 0 Å². The Morgan fingerprint density at radius 2 is 2.25 bits per heavy atom. The number of carbonyl (C=O) groups is 1. The van der Waals surface area contributed by atoms with Crippen LogP contribution in [0.25, 0.3) is 0 Å². The van der Waals surface area contributed by atoms with E-state index >= 15 is 0 Å². The number of aryl methyl sites for hydroxylation is 1. The van der Waals surface area contributed by atoms with Crippen molar-refractivity contribution < 1.29 is 9.90 Å². The standard InChI is InChI=1S/C9H10O2S/c1-2-6-4-3-5-7(8(6)12)9(10)11/h3-5,12H,2H2,1H3,(H,10,11). The second-order valence-corrected chi connectivity index (χ2v) is 2.92. The highest BCUT2D eigenvalue weighted by atomic mass is 32.1. The molecule has 1 N–H and O–H groups in total. The molecule has 0 fully saturated rings. The topological polar surface area (TPSA) is 37.3 Å². The summed E-state index contributed by atoms with van der Waals surface area (Å²) in [5.74, 6) is -0.921. The average Bonchev–Trinajstić information content (AvgIpc) is 2.04. The summed E-state index contributed by atoms with van der Waals surface area (Å²) in [5, 5.41) is 8.74. The van der Waals surface area contributed by atoms with E-state index in [9.17, 15) is 4.79 Å². The lowest BCUT2D eigenvalue weighted by Gasteiger charge is -2.04. The Kier molecular flexibility index (Phi) is 2.76. The van der Waals surface area contributed by atoms with E-state index in [0.717, 1.165) is 12.0 Å². The lowest BCUT2D eigenvalue weighted by molar-refractivity contribution is 0.0693. The van der Waals surface area contributed by atoms with Crippen molar-refractivity contribution in [3.8, 4) is 0 Å². The largest absolute Gasteiger partial charge is 0.478 e. The summed E-state index contributed by atoms with van der Waals surface area (Å²) in [6.07, 6.45) is 0.806. The van der Waals surface area contributed by atoms with Gasteiger partial charge in [-0.2, -0.15) is 0 Å². The first-order valence-corrected chi connectivity index (χ1v) is 4.15. The van der Waals surface area contributed by atoms with Gasteiger partial charge in [0.05, 0.1) is 5.56 Å². The molecule has 0 aliphatic rings. The number of aromatic carboxylic acids is 1. The van der Waals surface area contributed by atoms with Crippen molar-refractivity contribution in [3.63, 3.8) is 0 Å². The summed E-state index contributed by atoms with van der Waals surface area (Å²) in [6.45, 7) is 1.97. The molecule has 0 bridgehead atoms. The van der Waals surface area contributed by atoms with Crippen LogP contribution in [0, 0.1) is 0 Å². The van der Waals surface area contributed by atoms with Crippen molar-refractivity contribution in [1.29, 1.82) is 0 Å². The summed E-state index contributed by atoms with van der Waals surface area (Å²) in [5.41, 5.74) is 1.25. The fourth-order valence-electron chi connectivity index (χ4n) is 1.05. The van der Waals surface area contributed by atoms with Crippen LogP contribution >= 0.6 is 12.6 Å². The molecule has 12 heavy (non-hydrogen) atoms. The predicted octanol–water partition coefficient (Wildman–Crippen LogP) is 2.24. The molecule has 0 aromatic heterocycles. The van der Waals surface area contributed by atoms with Gasteiger partial charge in [0.15, 0.2) is 0 Å². The molecule has 0 aliphatic heterocycles. The Balaban J connectivity index is 3.23. The lowest BCUT2D eigenvalue weighted by atomic mass is 10.1. The molecule has 0 atom stereocenters. The summed E-state index contributed by atoms with van der Waals surface area (Å²) in [6, 6.07) is 5.18. The summed E-state index contributed by atoms with van der Waals surface area (Å²) >= 11 is 4.15. The molecule has 0 saturated heterocycles. The second-order valence-electron chi connectivity index (χ2n) is 2.47. The number of carboxylic acid groups (broad SMARTS) is 1. The third kappa shape index (κ3) is 1.61. The minimum atomic E-state index is -0.921. The molecular weight excluding hydrogens is 172 g/mol. The first-order valence-electron chi connectivity index (χ1n) is 3.71. The van der Waals surface area contributed by atoms with Crippen molar-refractivity contribution in [2.24, 2.45) is 0 Å². The number of hydrogen-bond acceptors (Lipinski definition) is 2. The van der Waals surface area contributed by atoms with Gasteiger partial charge in [-0.15, -0.1) is 12.6 Å². The first-order chi connectivity index (χ1) is 5.66. The molecular formula is C9H10O2S. The average molecular weight is 182 g/mol. The van der Waals surface area contributed by atoms with E-state index in [1.807, 2.05) is 13.0 Å². The third-order valence-corrected chi connectivity index (χ3v) is 2.26. The van der Waals surface area contributed by atoms with E-state index < -0.39 is 5.97 Å². The minimum absolute atomic E-state index is 0.276. The summed E-state index contributed by atoms with van der Waals surface area (Å²) in [4.78, 5) is 11.2. The quantitative estimate of drug-likeness (QED) is 0.688. The fourth-order valence-corrected chi connectivity index (χ4v) is 1.45. The number of carboxylic acids is 1.